The minimum atomic E-state index is -1.09. The molecule has 0 unspecified atom stereocenters. The van der Waals surface area contributed by atoms with E-state index in [1.165, 1.54) is 43.5 Å². The third-order valence-electron chi connectivity index (χ3n) is 2.96. The first-order valence-corrected chi connectivity index (χ1v) is 5.99. The highest BCUT2D eigenvalue weighted by molar-refractivity contribution is 5.83. The van der Waals surface area contributed by atoms with Gasteiger partial charge in [-0.25, -0.2) is 13.2 Å². The Hall–Kier alpha value is -2.23. The van der Waals surface area contributed by atoms with Gasteiger partial charge in [-0.1, -0.05) is 12.1 Å². The normalized spacial score (nSPS) is 12.1. The second-order valence-electron chi connectivity index (χ2n) is 4.32. The minimum absolute atomic E-state index is 0.0734. The molecule has 0 amide bonds. The lowest BCUT2D eigenvalue weighted by molar-refractivity contribution is 0.414. The summed E-state index contributed by atoms with van der Waals surface area (Å²) in [7, 11) is 1.48. The van der Waals surface area contributed by atoms with Crippen LogP contribution in [0.4, 0.5) is 13.2 Å². The van der Waals surface area contributed by atoms with Gasteiger partial charge < -0.3 is 4.74 Å². The van der Waals surface area contributed by atoms with Crippen LogP contribution in [-0.2, 0) is 0 Å². The molecular formula is C16H13F3O. The van der Waals surface area contributed by atoms with Crippen molar-refractivity contribution in [3.8, 4) is 5.75 Å². The van der Waals surface area contributed by atoms with Gasteiger partial charge in [0.2, 0.25) is 0 Å². The SMILES string of the molecule is COc1ccc(/C(F)=C(\F)c2ccc(C)c(F)c2)cc1. The van der Waals surface area contributed by atoms with Gasteiger partial charge in [0.05, 0.1) is 7.11 Å². The molecule has 0 N–H and O–H groups in total. The zero-order valence-corrected chi connectivity index (χ0v) is 11.1. The van der Waals surface area contributed by atoms with E-state index in [1.54, 1.807) is 6.92 Å². The van der Waals surface area contributed by atoms with Crippen LogP contribution in [0, 0.1) is 12.7 Å². The van der Waals surface area contributed by atoms with E-state index in [2.05, 4.69) is 0 Å². The second-order valence-corrected chi connectivity index (χ2v) is 4.32. The highest BCUT2D eigenvalue weighted by Gasteiger charge is 2.12. The molecular weight excluding hydrogens is 265 g/mol. The van der Waals surface area contributed by atoms with Crippen LogP contribution in [0.5, 0.6) is 5.75 Å². The number of ether oxygens (including phenoxy) is 1. The van der Waals surface area contributed by atoms with E-state index in [1.807, 2.05) is 0 Å². The Morgan fingerprint density at radius 1 is 0.900 bits per heavy atom. The summed E-state index contributed by atoms with van der Waals surface area (Å²) >= 11 is 0. The first-order chi connectivity index (χ1) is 9.52. The van der Waals surface area contributed by atoms with Crippen molar-refractivity contribution in [3.63, 3.8) is 0 Å². The summed E-state index contributed by atoms with van der Waals surface area (Å²) in [5.41, 5.74) is 0.331. The van der Waals surface area contributed by atoms with Crippen LogP contribution in [0.25, 0.3) is 11.7 Å². The van der Waals surface area contributed by atoms with E-state index in [0.29, 0.717) is 11.3 Å². The van der Waals surface area contributed by atoms with Crippen molar-refractivity contribution in [2.45, 2.75) is 6.92 Å². The lowest BCUT2D eigenvalue weighted by Crippen LogP contribution is -1.89. The molecule has 0 saturated heterocycles. The molecule has 0 bridgehead atoms. The average molecular weight is 278 g/mol. The molecule has 20 heavy (non-hydrogen) atoms. The van der Waals surface area contributed by atoms with E-state index in [4.69, 9.17) is 4.74 Å². The number of aryl methyl sites for hydroxylation is 1. The van der Waals surface area contributed by atoms with Crippen molar-refractivity contribution in [1.82, 2.24) is 0 Å². The van der Waals surface area contributed by atoms with Crippen molar-refractivity contribution in [2.75, 3.05) is 7.11 Å². The van der Waals surface area contributed by atoms with Gasteiger partial charge >= 0.3 is 0 Å². The third-order valence-corrected chi connectivity index (χ3v) is 2.96. The summed E-state index contributed by atoms with van der Waals surface area (Å²) in [6.45, 7) is 1.56. The minimum Gasteiger partial charge on any atom is -0.497 e. The molecule has 0 heterocycles. The monoisotopic (exact) mass is 278 g/mol. The Balaban J connectivity index is 2.40. The lowest BCUT2D eigenvalue weighted by atomic mass is 10.1. The van der Waals surface area contributed by atoms with Gasteiger partial charge in [0.15, 0.2) is 11.7 Å². The first kappa shape index (κ1) is 14.2. The lowest BCUT2D eigenvalue weighted by Gasteiger charge is -2.05. The molecule has 0 atom stereocenters. The zero-order chi connectivity index (χ0) is 14.7. The smallest absolute Gasteiger partial charge is 0.166 e. The van der Waals surface area contributed by atoms with Crippen LogP contribution in [0.1, 0.15) is 16.7 Å². The Kier molecular flexibility index (Phi) is 4.13. The summed E-state index contributed by atoms with van der Waals surface area (Å²) in [5.74, 6) is -2.14. The van der Waals surface area contributed by atoms with Gasteiger partial charge in [-0.3, -0.25) is 0 Å². The number of halogens is 3. The highest BCUT2D eigenvalue weighted by Crippen LogP contribution is 2.30. The van der Waals surface area contributed by atoms with Gasteiger partial charge in [-0.15, -0.1) is 0 Å². The number of methoxy groups -OCH3 is 1. The topological polar surface area (TPSA) is 9.23 Å². The van der Waals surface area contributed by atoms with Crippen molar-refractivity contribution in [1.29, 1.82) is 0 Å². The molecule has 104 valence electrons. The largest absolute Gasteiger partial charge is 0.497 e. The van der Waals surface area contributed by atoms with Crippen molar-refractivity contribution >= 4 is 11.7 Å². The number of hydrogen-bond acceptors (Lipinski definition) is 1. The van der Waals surface area contributed by atoms with Gasteiger partial charge in [0.1, 0.15) is 11.6 Å². The summed E-state index contributed by atoms with van der Waals surface area (Å²) in [6.07, 6.45) is 0. The summed E-state index contributed by atoms with van der Waals surface area (Å²) in [6, 6.07) is 9.59. The third kappa shape index (κ3) is 2.85. The molecule has 2 aromatic carbocycles. The van der Waals surface area contributed by atoms with E-state index < -0.39 is 17.5 Å². The molecule has 0 aliphatic rings. The molecule has 0 aromatic heterocycles. The van der Waals surface area contributed by atoms with Crippen molar-refractivity contribution in [3.05, 3.63) is 65.0 Å². The van der Waals surface area contributed by atoms with Crippen LogP contribution in [0.2, 0.25) is 0 Å². The molecule has 0 aliphatic heterocycles. The fourth-order valence-corrected chi connectivity index (χ4v) is 1.72. The predicted molar refractivity (Wildman–Crippen MR) is 73.2 cm³/mol. The standard InChI is InChI=1S/C16H13F3O/c1-10-3-4-12(9-14(10)17)16(19)15(18)11-5-7-13(20-2)8-6-11/h3-9H,1-2H3/b16-15+. The molecule has 0 aliphatic carbocycles. The van der Waals surface area contributed by atoms with Gasteiger partial charge in [-0.05, 0) is 42.8 Å². The molecule has 2 rings (SSSR count). The maximum absolute atomic E-state index is 14.0. The molecule has 0 saturated carbocycles. The Morgan fingerprint density at radius 2 is 1.45 bits per heavy atom. The second kappa shape index (κ2) is 5.82. The zero-order valence-electron chi connectivity index (χ0n) is 11.1. The quantitative estimate of drug-likeness (QED) is 0.725. The average Bonchev–Trinajstić information content (AvgIpc) is 2.48. The number of rotatable bonds is 3. The highest BCUT2D eigenvalue weighted by atomic mass is 19.2. The predicted octanol–water partition coefficient (Wildman–Crippen LogP) is 4.91. The van der Waals surface area contributed by atoms with Gasteiger partial charge in [0, 0.05) is 11.1 Å². The molecule has 0 spiro atoms. The van der Waals surface area contributed by atoms with E-state index in [0.717, 1.165) is 6.07 Å². The van der Waals surface area contributed by atoms with E-state index in [-0.39, 0.29) is 11.1 Å². The summed E-state index contributed by atoms with van der Waals surface area (Å²) in [5, 5.41) is 0. The molecule has 0 fully saturated rings. The van der Waals surface area contributed by atoms with Gasteiger partial charge in [0.25, 0.3) is 0 Å². The van der Waals surface area contributed by atoms with Crippen LogP contribution in [0.3, 0.4) is 0 Å². The summed E-state index contributed by atoms with van der Waals surface area (Å²) < 4.78 is 46.4. The Labute approximate surface area is 115 Å². The molecule has 0 radical (unpaired) electrons. The fraction of sp³-hybridized carbons (Fsp3) is 0.125. The summed E-state index contributed by atoms with van der Waals surface area (Å²) in [4.78, 5) is 0. The van der Waals surface area contributed by atoms with Crippen molar-refractivity contribution in [2.24, 2.45) is 0 Å². The van der Waals surface area contributed by atoms with Crippen LogP contribution in [0.15, 0.2) is 42.5 Å². The van der Waals surface area contributed by atoms with Crippen LogP contribution < -0.4 is 4.74 Å². The van der Waals surface area contributed by atoms with E-state index >= 15 is 0 Å². The van der Waals surface area contributed by atoms with Gasteiger partial charge in [-0.2, -0.15) is 0 Å². The Morgan fingerprint density at radius 3 is 2.00 bits per heavy atom. The fourth-order valence-electron chi connectivity index (χ4n) is 1.72. The van der Waals surface area contributed by atoms with E-state index in [9.17, 15) is 13.2 Å². The van der Waals surface area contributed by atoms with Crippen LogP contribution >= 0.6 is 0 Å². The number of hydrogen-bond donors (Lipinski definition) is 0. The number of benzene rings is 2. The Bertz CT molecular complexity index is 645. The molecule has 2 aromatic rings. The first-order valence-electron chi connectivity index (χ1n) is 5.99. The van der Waals surface area contributed by atoms with Crippen molar-refractivity contribution < 1.29 is 17.9 Å². The maximum atomic E-state index is 14.0. The molecule has 1 nitrogen and oxygen atoms in total. The maximum Gasteiger partial charge on any atom is 0.166 e. The molecule has 4 heteroatoms. The van der Waals surface area contributed by atoms with Crippen LogP contribution in [-0.4, -0.2) is 7.11 Å².